The lowest BCUT2D eigenvalue weighted by Gasteiger charge is -2.12. The highest BCUT2D eigenvalue weighted by Crippen LogP contribution is 2.29. The van der Waals surface area contributed by atoms with E-state index in [1.165, 1.54) is 7.11 Å². The first-order chi connectivity index (χ1) is 10.7. The van der Waals surface area contributed by atoms with Crippen LogP contribution in [0.4, 0.5) is 0 Å². The first-order valence-corrected chi connectivity index (χ1v) is 6.97. The molecule has 0 saturated carbocycles. The SMILES string of the molecule is COC(=O)Cc1c(-c2ccccc2)c2ccccc2[nH]c1=O. The van der Waals surface area contributed by atoms with Gasteiger partial charge in [0.1, 0.15) is 0 Å². The van der Waals surface area contributed by atoms with Crippen LogP contribution in [-0.2, 0) is 16.0 Å². The molecular formula is C18H15NO3. The number of carbonyl (C=O) groups excluding carboxylic acids is 1. The molecule has 22 heavy (non-hydrogen) atoms. The Morgan fingerprint density at radius 1 is 1.05 bits per heavy atom. The van der Waals surface area contributed by atoms with E-state index in [4.69, 9.17) is 4.74 Å². The Hall–Kier alpha value is -2.88. The zero-order valence-corrected chi connectivity index (χ0v) is 12.1. The molecule has 3 aromatic rings. The molecule has 2 aromatic carbocycles. The Bertz CT molecular complexity index is 882. The van der Waals surface area contributed by atoms with Crippen LogP contribution in [-0.4, -0.2) is 18.1 Å². The topological polar surface area (TPSA) is 59.2 Å². The molecule has 1 heterocycles. The molecule has 0 aliphatic rings. The standard InChI is InChI=1S/C18H15NO3/c1-22-16(20)11-14-17(12-7-3-2-4-8-12)13-9-5-6-10-15(13)19-18(14)21/h2-10H,11H2,1H3,(H,19,21). The fourth-order valence-corrected chi connectivity index (χ4v) is 2.60. The van der Waals surface area contributed by atoms with Gasteiger partial charge in [-0.2, -0.15) is 0 Å². The second-order valence-corrected chi connectivity index (χ2v) is 4.97. The number of carbonyl (C=O) groups is 1. The van der Waals surface area contributed by atoms with Gasteiger partial charge >= 0.3 is 5.97 Å². The molecule has 0 aliphatic carbocycles. The highest BCUT2D eigenvalue weighted by molar-refractivity contribution is 5.97. The van der Waals surface area contributed by atoms with Gasteiger partial charge in [-0.3, -0.25) is 9.59 Å². The number of aromatic amines is 1. The van der Waals surface area contributed by atoms with Gasteiger partial charge in [0, 0.05) is 22.0 Å². The van der Waals surface area contributed by atoms with Gasteiger partial charge in [-0.1, -0.05) is 48.5 Å². The number of para-hydroxylation sites is 1. The second-order valence-electron chi connectivity index (χ2n) is 4.97. The van der Waals surface area contributed by atoms with E-state index in [1.807, 2.05) is 54.6 Å². The third-order valence-electron chi connectivity index (χ3n) is 3.63. The summed E-state index contributed by atoms with van der Waals surface area (Å²) in [6.07, 6.45) is -0.0547. The van der Waals surface area contributed by atoms with Gasteiger partial charge in [0.25, 0.3) is 5.56 Å². The first-order valence-electron chi connectivity index (χ1n) is 6.97. The average Bonchev–Trinajstić information content (AvgIpc) is 2.56. The van der Waals surface area contributed by atoms with E-state index in [0.717, 1.165) is 22.0 Å². The molecule has 1 N–H and O–H groups in total. The van der Waals surface area contributed by atoms with E-state index in [9.17, 15) is 9.59 Å². The lowest BCUT2D eigenvalue weighted by Crippen LogP contribution is -2.19. The third-order valence-corrected chi connectivity index (χ3v) is 3.63. The zero-order valence-electron chi connectivity index (χ0n) is 12.1. The number of H-pyrrole nitrogens is 1. The van der Waals surface area contributed by atoms with Gasteiger partial charge < -0.3 is 9.72 Å². The molecule has 4 nitrogen and oxygen atoms in total. The number of rotatable bonds is 3. The van der Waals surface area contributed by atoms with Crippen molar-refractivity contribution in [2.45, 2.75) is 6.42 Å². The molecular weight excluding hydrogens is 278 g/mol. The van der Waals surface area contributed by atoms with Crippen LogP contribution in [0.2, 0.25) is 0 Å². The highest BCUT2D eigenvalue weighted by atomic mass is 16.5. The Morgan fingerprint density at radius 2 is 1.73 bits per heavy atom. The van der Waals surface area contributed by atoms with Crippen LogP contribution < -0.4 is 5.56 Å². The van der Waals surface area contributed by atoms with Crippen LogP contribution in [0.1, 0.15) is 5.56 Å². The molecule has 110 valence electrons. The predicted octanol–water partition coefficient (Wildman–Crippen LogP) is 2.91. The van der Waals surface area contributed by atoms with Gasteiger partial charge in [0.2, 0.25) is 0 Å². The summed E-state index contributed by atoms with van der Waals surface area (Å²) in [5.74, 6) is -0.432. The number of hydrogen-bond donors (Lipinski definition) is 1. The maximum absolute atomic E-state index is 12.4. The third kappa shape index (κ3) is 2.51. The summed E-state index contributed by atoms with van der Waals surface area (Å²) in [7, 11) is 1.32. The highest BCUT2D eigenvalue weighted by Gasteiger charge is 2.17. The summed E-state index contributed by atoms with van der Waals surface area (Å²) in [5, 5.41) is 0.909. The summed E-state index contributed by atoms with van der Waals surface area (Å²) < 4.78 is 4.72. The molecule has 0 aliphatic heterocycles. The van der Waals surface area contributed by atoms with Crippen molar-refractivity contribution in [3.05, 3.63) is 70.5 Å². The summed E-state index contributed by atoms with van der Waals surface area (Å²) in [6, 6.07) is 17.2. The Kier molecular flexibility index (Phi) is 3.74. The summed E-state index contributed by atoms with van der Waals surface area (Å²) in [6.45, 7) is 0. The van der Waals surface area contributed by atoms with Crippen LogP contribution in [0.15, 0.2) is 59.4 Å². The number of benzene rings is 2. The predicted molar refractivity (Wildman–Crippen MR) is 85.7 cm³/mol. The van der Waals surface area contributed by atoms with Crippen LogP contribution >= 0.6 is 0 Å². The molecule has 3 rings (SSSR count). The number of nitrogens with one attached hydrogen (secondary N) is 1. The number of methoxy groups -OCH3 is 1. The number of esters is 1. The molecule has 0 unspecified atom stereocenters. The van der Waals surface area contributed by atoms with E-state index >= 15 is 0 Å². The molecule has 1 aromatic heterocycles. The van der Waals surface area contributed by atoms with Crippen molar-refractivity contribution in [1.29, 1.82) is 0 Å². The minimum atomic E-state index is -0.432. The zero-order chi connectivity index (χ0) is 15.5. The molecule has 0 fully saturated rings. The molecule has 4 heteroatoms. The van der Waals surface area contributed by atoms with Crippen LogP contribution in [0.25, 0.3) is 22.0 Å². The van der Waals surface area contributed by atoms with Crippen molar-refractivity contribution in [2.75, 3.05) is 7.11 Å². The number of hydrogen-bond acceptors (Lipinski definition) is 3. The maximum Gasteiger partial charge on any atom is 0.310 e. The molecule has 0 saturated heterocycles. The summed E-state index contributed by atoms with van der Waals surface area (Å²) in [4.78, 5) is 26.9. The number of fused-ring (bicyclic) bond motifs is 1. The molecule has 0 atom stereocenters. The minimum absolute atomic E-state index is 0.0547. The van der Waals surface area contributed by atoms with Crippen molar-refractivity contribution in [2.24, 2.45) is 0 Å². The van der Waals surface area contributed by atoms with Crippen LogP contribution in [0, 0.1) is 0 Å². The second kappa shape index (κ2) is 5.85. The number of aromatic nitrogens is 1. The van der Waals surface area contributed by atoms with Gasteiger partial charge in [-0.05, 0) is 11.6 Å². The van der Waals surface area contributed by atoms with Gasteiger partial charge in [0.05, 0.1) is 13.5 Å². The number of ether oxygens (including phenoxy) is 1. The average molecular weight is 293 g/mol. The molecule has 0 radical (unpaired) electrons. The lowest BCUT2D eigenvalue weighted by molar-refractivity contribution is -0.139. The Morgan fingerprint density at radius 3 is 2.45 bits per heavy atom. The normalized spacial score (nSPS) is 10.6. The van der Waals surface area contributed by atoms with Crippen LogP contribution in [0.5, 0.6) is 0 Å². The Labute approximate surface area is 127 Å². The van der Waals surface area contributed by atoms with Crippen molar-refractivity contribution < 1.29 is 9.53 Å². The molecule has 0 bridgehead atoms. The van der Waals surface area contributed by atoms with Crippen molar-refractivity contribution >= 4 is 16.9 Å². The van der Waals surface area contributed by atoms with Gasteiger partial charge in [0.15, 0.2) is 0 Å². The lowest BCUT2D eigenvalue weighted by atomic mass is 9.95. The fourth-order valence-electron chi connectivity index (χ4n) is 2.60. The van der Waals surface area contributed by atoms with E-state index < -0.39 is 5.97 Å². The largest absolute Gasteiger partial charge is 0.469 e. The number of pyridine rings is 1. The summed E-state index contributed by atoms with van der Waals surface area (Å²) >= 11 is 0. The molecule has 0 spiro atoms. The van der Waals surface area contributed by atoms with Crippen molar-refractivity contribution in [3.63, 3.8) is 0 Å². The van der Waals surface area contributed by atoms with Crippen molar-refractivity contribution in [3.8, 4) is 11.1 Å². The van der Waals surface area contributed by atoms with E-state index in [2.05, 4.69) is 4.98 Å². The monoisotopic (exact) mass is 293 g/mol. The quantitative estimate of drug-likeness (QED) is 0.755. The maximum atomic E-state index is 12.4. The van der Waals surface area contributed by atoms with E-state index in [1.54, 1.807) is 0 Å². The fraction of sp³-hybridized carbons (Fsp3) is 0.111. The van der Waals surface area contributed by atoms with E-state index in [0.29, 0.717) is 5.56 Å². The Balaban J connectivity index is 2.35. The van der Waals surface area contributed by atoms with Crippen LogP contribution in [0.3, 0.4) is 0 Å². The van der Waals surface area contributed by atoms with E-state index in [-0.39, 0.29) is 12.0 Å². The summed E-state index contributed by atoms with van der Waals surface area (Å²) in [5.41, 5.74) is 2.61. The first kappa shape index (κ1) is 14.1. The minimum Gasteiger partial charge on any atom is -0.469 e. The van der Waals surface area contributed by atoms with Gasteiger partial charge in [-0.15, -0.1) is 0 Å². The van der Waals surface area contributed by atoms with Crippen molar-refractivity contribution in [1.82, 2.24) is 4.98 Å². The smallest absolute Gasteiger partial charge is 0.310 e. The van der Waals surface area contributed by atoms with Gasteiger partial charge in [-0.25, -0.2) is 0 Å². The molecule has 0 amide bonds.